The molecule has 2 rings (SSSR count). The van der Waals surface area contributed by atoms with Gasteiger partial charge in [0.25, 0.3) is 0 Å². The first kappa shape index (κ1) is 12.6. The Morgan fingerprint density at radius 2 is 1.65 bits per heavy atom. The summed E-state index contributed by atoms with van der Waals surface area (Å²) in [6, 6.07) is 8.57. The van der Waals surface area contributed by atoms with Crippen LogP contribution in [0.4, 0.5) is 0 Å². The summed E-state index contributed by atoms with van der Waals surface area (Å²) in [5.41, 5.74) is 8.14. The summed E-state index contributed by atoms with van der Waals surface area (Å²) in [5, 5.41) is 0. The lowest BCUT2D eigenvalue weighted by Gasteiger charge is -2.35. The Labute approximate surface area is 104 Å². The third kappa shape index (κ3) is 3.53. The van der Waals surface area contributed by atoms with Gasteiger partial charge in [0.15, 0.2) is 0 Å². The van der Waals surface area contributed by atoms with E-state index in [0.717, 1.165) is 19.6 Å². The Bertz CT molecular complexity index is 340. The van der Waals surface area contributed by atoms with Crippen LogP contribution in [0.5, 0.6) is 0 Å². The summed E-state index contributed by atoms with van der Waals surface area (Å²) < 4.78 is 5.73. The second-order valence-electron chi connectivity index (χ2n) is 4.97. The molecular weight excluding hydrogens is 212 g/mol. The summed E-state index contributed by atoms with van der Waals surface area (Å²) in [4.78, 5) is 2.45. The number of hydrogen-bond donors (Lipinski definition) is 1. The van der Waals surface area contributed by atoms with Gasteiger partial charge in [-0.2, -0.15) is 0 Å². The van der Waals surface area contributed by atoms with Crippen LogP contribution in [-0.4, -0.2) is 30.2 Å². The van der Waals surface area contributed by atoms with Crippen molar-refractivity contribution >= 4 is 0 Å². The summed E-state index contributed by atoms with van der Waals surface area (Å²) >= 11 is 0. The minimum Gasteiger partial charge on any atom is -0.373 e. The minimum atomic E-state index is 0.335. The first-order valence-electron chi connectivity index (χ1n) is 6.33. The zero-order valence-electron chi connectivity index (χ0n) is 10.7. The molecule has 0 bridgehead atoms. The van der Waals surface area contributed by atoms with Gasteiger partial charge in [0.05, 0.1) is 12.2 Å². The van der Waals surface area contributed by atoms with Crippen LogP contribution in [0.3, 0.4) is 0 Å². The molecule has 0 amide bonds. The van der Waals surface area contributed by atoms with Crippen molar-refractivity contribution < 1.29 is 4.74 Å². The molecule has 0 aliphatic carbocycles. The van der Waals surface area contributed by atoms with E-state index in [0.29, 0.717) is 18.8 Å². The fraction of sp³-hybridized carbons (Fsp3) is 0.571. The average Bonchev–Trinajstić information content (AvgIpc) is 2.28. The zero-order valence-corrected chi connectivity index (χ0v) is 10.7. The molecule has 1 heterocycles. The van der Waals surface area contributed by atoms with Crippen LogP contribution < -0.4 is 5.73 Å². The largest absolute Gasteiger partial charge is 0.373 e. The zero-order chi connectivity index (χ0) is 12.3. The lowest BCUT2D eigenvalue weighted by molar-refractivity contribution is -0.0704. The molecule has 0 unspecified atom stereocenters. The molecule has 2 atom stereocenters. The maximum atomic E-state index is 5.73. The molecule has 1 aromatic rings. The van der Waals surface area contributed by atoms with Crippen LogP contribution in [0.15, 0.2) is 24.3 Å². The minimum absolute atomic E-state index is 0.335. The van der Waals surface area contributed by atoms with Crippen molar-refractivity contribution in [3.8, 4) is 0 Å². The Balaban J connectivity index is 1.95. The molecule has 0 radical (unpaired) electrons. The highest BCUT2D eigenvalue weighted by Crippen LogP contribution is 2.14. The van der Waals surface area contributed by atoms with Crippen LogP contribution in [0, 0.1) is 0 Å². The molecule has 3 nitrogen and oxygen atoms in total. The molecule has 0 aromatic heterocycles. The molecule has 1 fully saturated rings. The van der Waals surface area contributed by atoms with Gasteiger partial charge in [-0.15, -0.1) is 0 Å². The number of ether oxygens (including phenoxy) is 1. The first-order valence-corrected chi connectivity index (χ1v) is 6.33. The second-order valence-corrected chi connectivity index (χ2v) is 4.97. The van der Waals surface area contributed by atoms with Crippen molar-refractivity contribution in [2.24, 2.45) is 5.73 Å². The molecule has 0 saturated carbocycles. The smallest absolute Gasteiger partial charge is 0.0678 e. The Hall–Kier alpha value is -0.900. The number of rotatable bonds is 3. The summed E-state index contributed by atoms with van der Waals surface area (Å²) in [7, 11) is 0. The Kier molecular flexibility index (Phi) is 4.15. The fourth-order valence-corrected chi connectivity index (χ4v) is 2.45. The summed E-state index contributed by atoms with van der Waals surface area (Å²) in [5.74, 6) is 0. The topological polar surface area (TPSA) is 38.5 Å². The van der Waals surface area contributed by atoms with Crippen LogP contribution in [0.1, 0.15) is 25.0 Å². The number of hydrogen-bond acceptors (Lipinski definition) is 3. The number of nitrogens with two attached hydrogens (primary N) is 1. The van der Waals surface area contributed by atoms with Gasteiger partial charge in [0.1, 0.15) is 0 Å². The Morgan fingerprint density at radius 1 is 1.12 bits per heavy atom. The monoisotopic (exact) mass is 234 g/mol. The molecule has 1 aliphatic heterocycles. The molecule has 0 spiro atoms. The van der Waals surface area contributed by atoms with Crippen LogP contribution in [0.2, 0.25) is 0 Å². The van der Waals surface area contributed by atoms with E-state index in [-0.39, 0.29) is 0 Å². The number of morpholine rings is 1. The van der Waals surface area contributed by atoms with Crippen molar-refractivity contribution in [2.75, 3.05) is 13.1 Å². The normalized spacial score (nSPS) is 26.1. The van der Waals surface area contributed by atoms with E-state index in [1.54, 1.807) is 0 Å². The second kappa shape index (κ2) is 5.63. The van der Waals surface area contributed by atoms with E-state index < -0.39 is 0 Å². The van der Waals surface area contributed by atoms with Gasteiger partial charge >= 0.3 is 0 Å². The van der Waals surface area contributed by atoms with Gasteiger partial charge in [-0.3, -0.25) is 4.90 Å². The van der Waals surface area contributed by atoms with Crippen molar-refractivity contribution in [1.29, 1.82) is 0 Å². The van der Waals surface area contributed by atoms with Crippen LogP contribution in [0.25, 0.3) is 0 Å². The van der Waals surface area contributed by atoms with Crippen molar-refractivity contribution in [1.82, 2.24) is 4.90 Å². The molecule has 1 aromatic carbocycles. The van der Waals surface area contributed by atoms with Gasteiger partial charge in [-0.1, -0.05) is 24.3 Å². The predicted molar refractivity (Wildman–Crippen MR) is 69.6 cm³/mol. The van der Waals surface area contributed by atoms with Gasteiger partial charge in [0, 0.05) is 26.2 Å². The lowest BCUT2D eigenvalue weighted by Crippen LogP contribution is -2.44. The highest BCUT2D eigenvalue weighted by atomic mass is 16.5. The van der Waals surface area contributed by atoms with Gasteiger partial charge in [0.2, 0.25) is 0 Å². The molecule has 2 N–H and O–H groups in total. The van der Waals surface area contributed by atoms with E-state index in [4.69, 9.17) is 10.5 Å². The third-order valence-corrected chi connectivity index (χ3v) is 3.16. The Morgan fingerprint density at radius 3 is 2.18 bits per heavy atom. The maximum absolute atomic E-state index is 5.73. The highest BCUT2D eigenvalue weighted by Gasteiger charge is 2.21. The van der Waals surface area contributed by atoms with E-state index in [2.05, 4.69) is 43.0 Å². The number of nitrogens with zero attached hydrogens (tertiary/aromatic N) is 1. The molecule has 17 heavy (non-hydrogen) atoms. The van der Waals surface area contributed by atoms with Gasteiger partial charge in [-0.25, -0.2) is 0 Å². The SMILES string of the molecule is C[C@H]1CN(Cc2ccc(CN)cc2)C[C@H](C)O1. The molecule has 1 saturated heterocycles. The van der Waals surface area contributed by atoms with Gasteiger partial charge in [-0.05, 0) is 25.0 Å². The van der Waals surface area contributed by atoms with Crippen molar-refractivity contribution in [2.45, 2.75) is 39.1 Å². The van der Waals surface area contributed by atoms with E-state index >= 15 is 0 Å². The molecule has 1 aliphatic rings. The molecule has 3 heteroatoms. The first-order chi connectivity index (χ1) is 8.17. The summed E-state index contributed by atoms with van der Waals surface area (Å²) in [6.45, 7) is 7.93. The van der Waals surface area contributed by atoms with Gasteiger partial charge < -0.3 is 10.5 Å². The quantitative estimate of drug-likeness (QED) is 0.866. The van der Waals surface area contributed by atoms with Crippen LogP contribution >= 0.6 is 0 Å². The fourth-order valence-electron chi connectivity index (χ4n) is 2.45. The summed E-state index contributed by atoms with van der Waals surface area (Å²) in [6.07, 6.45) is 0.670. The maximum Gasteiger partial charge on any atom is 0.0678 e. The molecule has 94 valence electrons. The average molecular weight is 234 g/mol. The van der Waals surface area contributed by atoms with Crippen LogP contribution in [-0.2, 0) is 17.8 Å². The number of benzene rings is 1. The standard InChI is InChI=1S/C14H22N2O/c1-11-8-16(9-12(2)17-11)10-14-5-3-13(7-15)4-6-14/h3-6,11-12H,7-10,15H2,1-2H3/t11-,12-/m0/s1. The van der Waals surface area contributed by atoms with E-state index in [1.807, 2.05) is 0 Å². The van der Waals surface area contributed by atoms with E-state index in [1.165, 1.54) is 11.1 Å². The van der Waals surface area contributed by atoms with Crippen molar-refractivity contribution in [3.63, 3.8) is 0 Å². The van der Waals surface area contributed by atoms with E-state index in [9.17, 15) is 0 Å². The van der Waals surface area contributed by atoms with Crippen molar-refractivity contribution in [3.05, 3.63) is 35.4 Å². The predicted octanol–water partition coefficient (Wildman–Crippen LogP) is 1.75. The highest BCUT2D eigenvalue weighted by molar-refractivity contribution is 5.22. The molecular formula is C14H22N2O. The third-order valence-electron chi connectivity index (χ3n) is 3.16. The lowest BCUT2D eigenvalue weighted by atomic mass is 10.1.